The van der Waals surface area contributed by atoms with Crippen LogP contribution in [0.2, 0.25) is 10.4 Å². The number of aromatic nitrogens is 3. The Balaban J connectivity index is 2.92. The van der Waals surface area contributed by atoms with Crippen LogP contribution >= 0.6 is 36.0 Å². The van der Waals surface area contributed by atoms with E-state index < -0.39 is 0 Å². The molecule has 2 aromatic heterocycles. The van der Waals surface area contributed by atoms with Crippen LogP contribution in [0, 0.1) is 0 Å². The Morgan fingerprint density at radius 1 is 1.33 bits per heavy atom. The maximum atomic E-state index is 5.79. The van der Waals surface area contributed by atoms with Gasteiger partial charge >= 0.3 is 0 Å². The van der Waals surface area contributed by atoms with Gasteiger partial charge in [0.1, 0.15) is 5.15 Å². The van der Waals surface area contributed by atoms with Crippen LogP contribution in [0.1, 0.15) is 0 Å². The third kappa shape index (κ3) is 1.16. The molecule has 0 fully saturated rings. The molecular formula is C6H3Cl2N3S. The summed E-state index contributed by atoms with van der Waals surface area (Å²) in [4.78, 5) is 7.74. The molecule has 62 valence electrons. The van der Waals surface area contributed by atoms with Crippen molar-refractivity contribution in [2.24, 2.45) is 0 Å². The van der Waals surface area contributed by atoms with Crippen LogP contribution in [0.5, 0.6) is 0 Å². The summed E-state index contributed by atoms with van der Waals surface area (Å²) in [5.41, 5.74) is 0.614. The van der Waals surface area contributed by atoms with Gasteiger partial charge in [0.15, 0.2) is 5.65 Å². The molecule has 0 bridgehead atoms. The Labute approximate surface area is 83.9 Å². The average molecular weight is 220 g/mol. The molecular weight excluding hydrogens is 217 g/mol. The number of rotatable bonds is 0. The minimum atomic E-state index is 0.126. The van der Waals surface area contributed by atoms with Gasteiger partial charge in [-0.3, -0.25) is 3.97 Å². The quantitative estimate of drug-likeness (QED) is 0.420. The summed E-state index contributed by atoms with van der Waals surface area (Å²) < 4.78 is 1.54. The highest BCUT2D eigenvalue weighted by molar-refractivity contribution is 7.78. The van der Waals surface area contributed by atoms with Crippen molar-refractivity contribution in [3.05, 3.63) is 22.7 Å². The lowest BCUT2D eigenvalue weighted by atomic mass is 10.4. The summed E-state index contributed by atoms with van der Waals surface area (Å²) in [6, 6.07) is 1.78. The summed E-state index contributed by atoms with van der Waals surface area (Å²) in [5.74, 6) is 0. The Bertz CT molecular complexity index is 440. The highest BCUT2D eigenvalue weighted by Gasteiger charge is 2.06. The molecule has 0 saturated carbocycles. The van der Waals surface area contributed by atoms with Crippen LogP contribution in [0.25, 0.3) is 11.0 Å². The van der Waals surface area contributed by atoms with E-state index in [1.54, 1.807) is 12.3 Å². The van der Waals surface area contributed by atoms with Gasteiger partial charge in [-0.2, -0.15) is 4.98 Å². The van der Waals surface area contributed by atoms with E-state index in [-0.39, 0.29) is 5.28 Å². The molecule has 0 aliphatic rings. The van der Waals surface area contributed by atoms with Crippen molar-refractivity contribution >= 4 is 47.1 Å². The van der Waals surface area contributed by atoms with E-state index in [1.165, 1.54) is 3.97 Å². The number of hydrogen-bond acceptors (Lipinski definition) is 3. The number of thiol groups is 1. The fraction of sp³-hybridized carbons (Fsp3) is 0. The molecule has 0 N–H and O–H groups in total. The van der Waals surface area contributed by atoms with E-state index in [0.717, 1.165) is 5.39 Å². The molecule has 2 aromatic rings. The van der Waals surface area contributed by atoms with Gasteiger partial charge < -0.3 is 0 Å². The molecule has 2 heterocycles. The third-order valence-electron chi connectivity index (χ3n) is 1.45. The molecule has 6 heteroatoms. The van der Waals surface area contributed by atoms with E-state index in [9.17, 15) is 0 Å². The summed E-state index contributed by atoms with van der Waals surface area (Å²) >= 11 is 15.5. The Kier molecular flexibility index (Phi) is 1.90. The molecule has 3 nitrogen and oxygen atoms in total. The molecule has 0 spiro atoms. The highest BCUT2D eigenvalue weighted by atomic mass is 35.5. The van der Waals surface area contributed by atoms with Crippen LogP contribution in [-0.2, 0) is 0 Å². The first-order valence-corrected chi connectivity index (χ1v) is 4.23. The zero-order valence-electron chi connectivity index (χ0n) is 5.70. The zero-order valence-corrected chi connectivity index (χ0v) is 8.11. The Morgan fingerprint density at radius 3 is 2.83 bits per heavy atom. The summed E-state index contributed by atoms with van der Waals surface area (Å²) in [7, 11) is 0. The molecule has 0 amide bonds. The first-order valence-electron chi connectivity index (χ1n) is 3.08. The highest BCUT2D eigenvalue weighted by Crippen LogP contribution is 2.23. The minimum absolute atomic E-state index is 0.126. The van der Waals surface area contributed by atoms with Crippen molar-refractivity contribution in [2.45, 2.75) is 0 Å². The predicted octanol–water partition coefficient (Wildman–Crippen LogP) is 2.43. The lowest BCUT2D eigenvalue weighted by Gasteiger charge is -1.95. The standard InChI is InChI=1S/C6H3Cl2N3S/c7-4-3-1-2-11(12)5(3)10-6(8)9-4/h1-2,12H. The molecule has 0 saturated heterocycles. The van der Waals surface area contributed by atoms with Crippen molar-refractivity contribution in [3.63, 3.8) is 0 Å². The largest absolute Gasteiger partial charge is 0.278 e. The van der Waals surface area contributed by atoms with Gasteiger partial charge in [0.25, 0.3) is 0 Å². The summed E-state index contributed by atoms with van der Waals surface area (Å²) in [6.07, 6.45) is 1.73. The van der Waals surface area contributed by atoms with Crippen molar-refractivity contribution in [3.8, 4) is 0 Å². The van der Waals surface area contributed by atoms with Crippen LogP contribution in [0.15, 0.2) is 12.3 Å². The smallest absolute Gasteiger partial charge is 0.225 e. The van der Waals surface area contributed by atoms with Crippen LogP contribution < -0.4 is 0 Å². The molecule has 12 heavy (non-hydrogen) atoms. The van der Waals surface area contributed by atoms with E-state index in [1.807, 2.05) is 0 Å². The molecule has 0 atom stereocenters. The van der Waals surface area contributed by atoms with Crippen molar-refractivity contribution in [2.75, 3.05) is 0 Å². The van der Waals surface area contributed by atoms with Gasteiger partial charge in [0.2, 0.25) is 5.28 Å². The zero-order chi connectivity index (χ0) is 8.72. The maximum absolute atomic E-state index is 5.79. The molecule has 0 aromatic carbocycles. The number of halogens is 2. The third-order valence-corrected chi connectivity index (χ3v) is 2.23. The second-order valence-electron chi connectivity index (χ2n) is 2.18. The monoisotopic (exact) mass is 219 g/mol. The van der Waals surface area contributed by atoms with E-state index >= 15 is 0 Å². The summed E-state index contributed by atoms with van der Waals surface area (Å²) in [6.45, 7) is 0. The van der Waals surface area contributed by atoms with E-state index in [0.29, 0.717) is 10.8 Å². The topological polar surface area (TPSA) is 30.7 Å². The number of nitrogens with zero attached hydrogens (tertiary/aromatic N) is 3. The maximum Gasteiger partial charge on any atom is 0.225 e. The predicted molar refractivity (Wildman–Crippen MR) is 51.9 cm³/mol. The van der Waals surface area contributed by atoms with Crippen molar-refractivity contribution in [1.29, 1.82) is 0 Å². The van der Waals surface area contributed by atoms with Crippen LogP contribution in [0.4, 0.5) is 0 Å². The Morgan fingerprint density at radius 2 is 2.08 bits per heavy atom. The van der Waals surface area contributed by atoms with Crippen LogP contribution in [-0.4, -0.2) is 13.9 Å². The normalized spacial score (nSPS) is 10.9. The molecule has 0 aliphatic heterocycles. The lowest BCUT2D eigenvalue weighted by Crippen LogP contribution is -1.87. The van der Waals surface area contributed by atoms with E-state index in [2.05, 4.69) is 22.8 Å². The first kappa shape index (κ1) is 8.16. The fourth-order valence-electron chi connectivity index (χ4n) is 0.940. The van der Waals surface area contributed by atoms with E-state index in [4.69, 9.17) is 23.2 Å². The van der Waals surface area contributed by atoms with Gasteiger partial charge in [-0.15, -0.1) is 0 Å². The molecule has 0 aliphatic carbocycles. The summed E-state index contributed by atoms with van der Waals surface area (Å²) in [5, 5.41) is 1.22. The van der Waals surface area contributed by atoms with Gasteiger partial charge in [-0.25, -0.2) is 4.98 Å². The van der Waals surface area contributed by atoms with Gasteiger partial charge in [0, 0.05) is 6.20 Å². The molecule has 0 unspecified atom stereocenters. The first-order chi connectivity index (χ1) is 5.68. The fourth-order valence-corrected chi connectivity index (χ4v) is 1.59. The second kappa shape index (κ2) is 2.80. The van der Waals surface area contributed by atoms with Crippen LogP contribution in [0.3, 0.4) is 0 Å². The SMILES string of the molecule is Sn1ccc2c(Cl)nc(Cl)nc21. The lowest BCUT2D eigenvalue weighted by molar-refractivity contribution is 1.18. The Hall–Kier alpha value is -0.450. The molecule has 0 radical (unpaired) electrons. The van der Waals surface area contributed by atoms with Gasteiger partial charge in [0.05, 0.1) is 5.39 Å². The average Bonchev–Trinajstić information content (AvgIpc) is 2.33. The number of fused-ring (bicyclic) bond motifs is 1. The number of hydrogen-bond donors (Lipinski definition) is 1. The van der Waals surface area contributed by atoms with Gasteiger partial charge in [-0.1, -0.05) is 24.4 Å². The van der Waals surface area contributed by atoms with Crippen molar-refractivity contribution < 1.29 is 0 Å². The minimum Gasteiger partial charge on any atom is -0.278 e. The second-order valence-corrected chi connectivity index (χ2v) is 3.31. The van der Waals surface area contributed by atoms with Crippen molar-refractivity contribution in [1.82, 2.24) is 13.9 Å². The molecule has 2 rings (SSSR count). The van der Waals surface area contributed by atoms with Gasteiger partial charge in [-0.05, 0) is 17.7 Å².